The molecule has 2 N–H and O–H groups in total. The van der Waals surface area contributed by atoms with Crippen LogP contribution >= 0.6 is 0 Å². The number of rotatable bonds is 4. The van der Waals surface area contributed by atoms with Crippen LogP contribution in [-0.4, -0.2) is 39.5 Å². The number of amides is 1. The number of H-pyrrole nitrogens is 1. The lowest BCUT2D eigenvalue weighted by atomic mass is 10.1. The Labute approximate surface area is 107 Å². The Morgan fingerprint density at radius 2 is 1.89 bits per heavy atom. The number of carboxylic acid groups (broad SMARTS) is 1. The largest absolute Gasteiger partial charge is 0.477 e. The van der Waals surface area contributed by atoms with Crippen LogP contribution in [0.2, 0.25) is 0 Å². The number of carboxylic acids is 1. The van der Waals surface area contributed by atoms with Crippen LogP contribution in [0, 0.1) is 13.8 Å². The Bertz CT molecular complexity index is 475. The van der Waals surface area contributed by atoms with Crippen LogP contribution in [0.3, 0.4) is 0 Å². The maximum Gasteiger partial charge on any atom is 0.352 e. The first-order chi connectivity index (χ1) is 8.31. The lowest BCUT2D eigenvalue weighted by Gasteiger charge is -2.25. The van der Waals surface area contributed by atoms with Crippen molar-refractivity contribution in [1.82, 2.24) is 9.88 Å². The van der Waals surface area contributed by atoms with Crippen molar-refractivity contribution in [3.8, 4) is 0 Å². The van der Waals surface area contributed by atoms with Gasteiger partial charge in [-0.1, -0.05) is 0 Å². The first kappa shape index (κ1) is 14.3. The molecule has 5 nitrogen and oxygen atoms in total. The highest BCUT2D eigenvalue weighted by atomic mass is 16.4. The number of aromatic amines is 1. The molecular weight excluding hydrogens is 232 g/mol. The Morgan fingerprint density at radius 1 is 1.33 bits per heavy atom. The SMILES string of the molecule is CCN(C(=O)c1c(C)[nH]c(C(=O)O)c1C)C(C)C. The molecule has 0 aromatic carbocycles. The summed E-state index contributed by atoms with van der Waals surface area (Å²) in [5.74, 6) is -1.16. The third-order valence-corrected chi connectivity index (χ3v) is 3.09. The van der Waals surface area contributed by atoms with E-state index in [-0.39, 0.29) is 17.6 Å². The minimum atomic E-state index is -1.04. The third kappa shape index (κ3) is 2.39. The van der Waals surface area contributed by atoms with E-state index in [1.807, 2.05) is 20.8 Å². The van der Waals surface area contributed by atoms with Crippen LogP contribution in [0.4, 0.5) is 0 Å². The molecule has 1 rings (SSSR count). The maximum absolute atomic E-state index is 12.4. The number of carbonyl (C=O) groups is 2. The molecule has 1 amide bonds. The molecule has 0 radical (unpaired) electrons. The maximum atomic E-state index is 12.4. The van der Waals surface area contributed by atoms with Gasteiger partial charge in [0.05, 0.1) is 5.56 Å². The summed E-state index contributed by atoms with van der Waals surface area (Å²) in [7, 11) is 0. The molecule has 5 heteroatoms. The van der Waals surface area contributed by atoms with Crippen LogP contribution in [0.15, 0.2) is 0 Å². The number of hydrogen-bond donors (Lipinski definition) is 2. The standard InChI is InChI=1S/C13H20N2O3/c1-6-15(7(2)3)12(16)10-8(4)11(13(17)18)14-9(10)5/h7,14H,6H2,1-5H3,(H,17,18). The van der Waals surface area contributed by atoms with E-state index < -0.39 is 5.97 Å². The highest BCUT2D eigenvalue weighted by Crippen LogP contribution is 2.20. The van der Waals surface area contributed by atoms with Gasteiger partial charge in [-0.15, -0.1) is 0 Å². The molecule has 0 aliphatic heterocycles. The molecule has 0 aliphatic carbocycles. The predicted molar refractivity (Wildman–Crippen MR) is 69.1 cm³/mol. The second-order valence-corrected chi connectivity index (χ2v) is 4.62. The zero-order valence-electron chi connectivity index (χ0n) is 11.5. The number of aryl methyl sites for hydroxylation is 1. The normalized spacial score (nSPS) is 10.8. The smallest absolute Gasteiger partial charge is 0.352 e. The highest BCUT2D eigenvalue weighted by Gasteiger charge is 2.25. The molecule has 1 aromatic rings. The van der Waals surface area contributed by atoms with Crippen LogP contribution < -0.4 is 0 Å². The van der Waals surface area contributed by atoms with Crippen LogP contribution in [-0.2, 0) is 0 Å². The van der Waals surface area contributed by atoms with Crippen molar-refractivity contribution in [3.05, 3.63) is 22.5 Å². The third-order valence-electron chi connectivity index (χ3n) is 3.09. The molecular formula is C13H20N2O3. The molecule has 18 heavy (non-hydrogen) atoms. The first-order valence-electron chi connectivity index (χ1n) is 6.04. The van der Waals surface area contributed by atoms with Crippen LogP contribution in [0.5, 0.6) is 0 Å². The summed E-state index contributed by atoms with van der Waals surface area (Å²) >= 11 is 0. The number of nitrogens with one attached hydrogen (secondary N) is 1. The fourth-order valence-corrected chi connectivity index (χ4v) is 2.17. The molecule has 0 unspecified atom stereocenters. The number of aromatic carboxylic acids is 1. The van der Waals surface area contributed by atoms with Crippen molar-refractivity contribution < 1.29 is 14.7 Å². The molecule has 0 aliphatic rings. The molecule has 0 spiro atoms. The zero-order valence-corrected chi connectivity index (χ0v) is 11.5. The van der Waals surface area contributed by atoms with E-state index in [1.54, 1.807) is 18.7 Å². The van der Waals surface area contributed by atoms with Gasteiger partial charge in [0.1, 0.15) is 5.69 Å². The van der Waals surface area contributed by atoms with Crippen molar-refractivity contribution in [2.45, 2.75) is 40.7 Å². The van der Waals surface area contributed by atoms with Gasteiger partial charge in [-0.2, -0.15) is 0 Å². The average molecular weight is 252 g/mol. The van der Waals surface area contributed by atoms with Gasteiger partial charge in [-0.3, -0.25) is 4.79 Å². The van der Waals surface area contributed by atoms with E-state index in [9.17, 15) is 9.59 Å². The van der Waals surface area contributed by atoms with Crippen molar-refractivity contribution in [1.29, 1.82) is 0 Å². The monoisotopic (exact) mass is 252 g/mol. The minimum absolute atomic E-state index is 0.0875. The molecule has 1 aromatic heterocycles. The molecule has 0 fully saturated rings. The Hall–Kier alpha value is -1.78. The number of aromatic nitrogens is 1. The van der Waals surface area contributed by atoms with E-state index in [0.29, 0.717) is 23.4 Å². The van der Waals surface area contributed by atoms with Gasteiger partial charge in [-0.25, -0.2) is 4.79 Å². The Balaban J connectivity index is 3.25. The van der Waals surface area contributed by atoms with Gasteiger partial charge in [0.25, 0.3) is 5.91 Å². The summed E-state index contributed by atoms with van der Waals surface area (Å²) < 4.78 is 0. The summed E-state index contributed by atoms with van der Waals surface area (Å²) in [5, 5.41) is 9.03. The van der Waals surface area contributed by atoms with E-state index in [2.05, 4.69) is 4.98 Å². The van der Waals surface area contributed by atoms with Gasteiger partial charge in [0, 0.05) is 18.3 Å². The first-order valence-corrected chi connectivity index (χ1v) is 6.04. The second-order valence-electron chi connectivity index (χ2n) is 4.62. The summed E-state index contributed by atoms with van der Waals surface area (Å²) in [6.45, 7) is 9.78. The Kier molecular flexibility index (Phi) is 4.16. The summed E-state index contributed by atoms with van der Waals surface area (Å²) in [6, 6.07) is 0.0875. The fraction of sp³-hybridized carbons (Fsp3) is 0.538. The van der Waals surface area contributed by atoms with Crippen molar-refractivity contribution >= 4 is 11.9 Å². The minimum Gasteiger partial charge on any atom is -0.477 e. The number of hydrogen-bond acceptors (Lipinski definition) is 2. The lowest BCUT2D eigenvalue weighted by Crippen LogP contribution is -2.37. The molecule has 0 saturated heterocycles. The highest BCUT2D eigenvalue weighted by molar-refractivity contribution is 6.00. The number of nitrogens with zero attached hydrogens (tertiary/aromatic N) is 1. The Morgan fingerprint density at radius 3 is 2.22 bits per heavy atom. The van der Waals surface area contributed by atoms with Crippen LogP contribution in [0.1, 0.15) is 52.9 Å². The number of carbonyl (C=O) groups excluding carboxylic acids is 1. The molecule has 0 saturated carbocycles. The summed E-state index contributed by atoms with van der Waals surface area (Å²) in [4.78, 5) is 27.9. The van der Waals surface area contributed by atoms with E-state index in [0.717, 1.165) is 0 Å². The van der Waals surface area contributed by atoms with Crippen molar-refractivity contribution in [2.24, 2.45) is 0 Å². The van der Waals surface area contributed by atoms with Gasteiger partial charge in [-0.05, 0) is 40.2 Å². The van der Waals surface area contributed by atoms with Crippen molar-refractivity contribution in [3.63, 3.8) is 0 Å². The van der Waals surface area contributed by atoms with Crippen molar-refractivity contribution in [2.75, 3.05) is 6.54 Å². The van der Waals surface area contributed by atoms with E-state index in [4.69, 9.17) is 5.11 Å². The van der Waals surface area contributed by atoms with E-state index in [1.165, 1.54) is 0 Å². The average Bonchev–Trinajstić information content (AvgIpc) is 2.54. The molecule has 100 valence electrons. The molecule has 0 bridgehead atoms. The lowest BCUT2D eigenvalue weighted by molar-refractivity contribution is 0.0689. The van der Waals surface area contributed by atoms with Gasteiger partial charge in [0.2, 0.25) is 0 Å². The van der Waals surface area contributed by atoms with E-state index >= 15 is 0 Å². The predicted octanol–water partition coefficient (Wildman–Crippen LogP) is 2.20. The second kappa shape index (κ2) is 5.25. The van der Waals surface area contributed by atoms with Crippen LogP contribution in [0.25, 0.3) is 0 Å². The topological polar surface area (TPSA) is 73.4 Å². The quantitative estimate of drug-likeness (QED) is 0.862. The summed E-state index contributed by atoms with van der Waals surface area (Å²) in [5.41, 5.74) is 1.68. The van der Waals surface area contributed by atoms with Gasteiger partial charge < -0.3 is 15.0 Å². The zero-order chi connectivity index (χ0) is 14.0. The van der Waals surface area contributed by atoms with Gasteiger partial charge in [0.15, 0.2) is 0 Å². The van der Waals surface area contributed by atoms with Gasteiger partial charge >= 0.3 is 5.97 Å². The fourth-order valence-electron chi connectivity index (χ4n) is 2.17. The summed E-state index contributed by atoms with van der Waals surface area (Å²) in [6.07, 6.45) is 0. The molecule has 0 atom stereocenters. The molecule has 1 heterocycles.